The second-order valence-electron chi connectivity index (χ2n) is 7.37. The first kappa shape index (κ1) is 26.7. The van der Waals surface area contributed by atoms with Gasteiger partial charge in [-0.1, -0.05) is 110 Å². The molecule has 0 saturated heterocycles. The molecule has 3 heteroatoms. The van der Waals surface area contributed by atoms with E-state index in [4.69, 9.17) is 0 Å². The van der Waals surface area contributed by atoms with Gasteiger partial charge in [0.05, 0.1) is 0 Å². The van der Waals surface area contributed by atoms with Crippen LogP contribution < -0.4 is 34.7 Å². The minimum absolute atomic E-state index is 0. The SMILES string of the molecule is CCC(C)CCCCCCCCCCCCCCCCC(=O)[O-].[Na+]. The number of carbonyl (C=O) groups excluding carboxylic acids is 1. The van der Waals surface area contributed by atoms with Crippen molar-refractivity contribution in [2.75, 3.05) is 0 Å². The first-order valence-corrected chi connectivity index (χ1v) is 10.4. The van der Waals surface area contributed by atoms with Gasteiger partial charge in [-0.25, -0.2) is 0 Å². The fourth-order valence-electron chi connectivity index (χ4n) is 3.09. The molecule has 0 bridgehead atoms. The van der Waals surface area contributed by atoms with Gasteiger partial charge in [0, 0.05) is 5.97 Å². The third-order valence-electron chi connectivity index (χ3n) is 5.02. The summed E-state index contributed by atoms with van der Waals surface area (Å²) in [5.74, 6) is 0.0182. The van der Waals surface area contributed by atoms with Crippen LogP contribution in [0.2, 0.25) is 0 Å². The van der Waals surface area contributed by atoms with Crippen molar-refractivity contribution >= 4 is 5.97 Å². The normalized spacial score (nSPS) is 11.9. The fraction of sp³-hybridized carbons (Fsp3) is 0.952. The van der Waals surface area contributed by atoms with E-state index in [0.717, 1.165) is 18.8 Å². The molecule has 0 amide bonds. The van der Waals surface area contributed by atoms with Gasteiger partial charge in [-0.2, -0.15) is 0 Å². The van der Waals surface area contributed by atoms with E-state index < -0.39 is 5.97 Å². The summed E-state index contributed by atoms with van der Waals surface area (Å²) in [4.78, 5) is 10.3. The van der Waals surface area contributed by atoms with E-state index in [2.05, 4.69) is 13.8 Å². The number of hydrogen-bond donors (Lipinski definition) is 0. The number of unbranched alkanes of at least 4 members (excludes halogenated alkanes) is 13. The Balaban J connectivity index is 0. The number of carboxylic acid groups (broad SMARTS) is 1. The maximum absolute atomic E-state index is 10.3. The number of rotatable bonds is 18. The molecule has 0 N–H and O–H groups in total. The van der Waals surface area contributed by atoms with Gasteiger partial charge in [-0.3, -0.25) is 0 Å². The minimum Gasteiger partial charge on any atom is -0.550 e. The van der Waals surface area contributed by atoms with E-state index in [1.807, 2.05) is 0 Å². The number of carboxylic acids is 1. The van der Waals surface area contributed by atoms with E-state index >= 15 is 0 Å². The standard InChI is InChI=1S/C21H42O2.Na/c1-3-20(2)18-16-14-12-10-8-6-4-5-7-9-11-13-15-17-19-21(22)23;/h20H,3-19H2,1-2H3,(H,22,23);/q;+1/p-1. The third-order valence-corrected chi connectivity index (χ3v) is 5.02. The predicted molar refractivity (Wildman–Crippen MR) is 98.3 cm³/mol. The van der Waals surface area contributed by atoms with Gasteiger partial charge in [-0.15, -0.1) is 0 Å². The van der Waals surface area contributed by atoms with Crippen LogP contribution in [-0.2, 0) is 4.79 Å². The zero-order valence-electron chi connectivity index (χ0n) is 16.9. The second kappa shape index (κ2) is 21.5. The number of aliphatic carboxylic acids is 1. The quantitative estimate of drug-likeness (QED) is 0.282. The van der Waals surface area contributed by atoms with Gasteiger partial charge in [0.25, 0.3) is 0 Å². The molecule has 0 aromatic heterocycles. The first-order chi connectivity index (χ1) is 11.2. The molecule has 0 aromatic carbocycles. The van der Waals surface area contributed by atoms with Crippen molar-refractivity contribution < 1.29 is 39.5 Å². The molecular formula is C21H41NaO2. The Morgan fingerprint density at radius 3 is 1.38 bits per heavy atom. The topological polar surface area (TPSA) is 40.1 Å². The van der Waals surface area contributed by atoms with Gasteiger partial charge in [0.1, 0.15) is 0 Å². The molecule has 0 aliphatic carbocycles. The van der Waals surface area contributed by atoms with E-state index in [-0.39, 0.29) is 36.0 Å². The Labute approximate surface area is 173 Å². The van der Waals surface area contributed by atoms with Gasteiger partial charge in [0.2, 0.25) is 0 Å². The maximum Gasteiger partial charge on any atom is 1.00 e. The summed E-state index contributed by atoms with van der Waals surface area (Å²) < 4.78 is 0. The van der Waals surface area contributed by atoms with Crippen LogP contribution in [0.5, 0.6) is 0 Å². The summed E-state index contributed by atoms with van der Waals surface area (Å²) in [6.45, 7) is 4.66. The van der Waals surface area contributed by atoms with Crippen molar-refractivity contribution in [3.63, 3.8) is 0 Å². The average Bonchev–Trinajstić information content (AvgIpc) is 2.53. The van der Waals surface area contributed by atoms with Gasteiger partial charge >= 0.3 is 29.6 Å². The predicted octanol–water partition coefficient (Wildman–Crippen LogP) is 3.03. The van der Waals surface area contributed by atoms with Crippen molar-refractivity contribution in [3.8, 4) is 0 Å². The summed E-state index contributed by atoms with van der Waals surface area (Å²) in [5.41, 5.74) is 0. The van der Waals surface area contributed by atoms with Crippen LogP contribution in [0, 0.1) is 5.92 Å². The monoisotopic (exact) mass is 348 g/mol. The average molecular weight is 349 g/mol. The number of hydrogen-bond acceptors (Lipinski definition) is 2. The fourth-order valence-corrected chi connectivity index (χ4v) is 3.09. The van der Waals surface area contributed by atoms with Crippen LogP contribution in [0.25, 0.3) is 0 Å². The van der Waals surface area contributed by atoms with Gasteiger partial charge in [0.15, 0.2) is 0 Å². The van der Waals surface area contributed by atoms with Crippen molar-refractivity contribution in [1.29, 1.82) is 0 Å². The summed E-state index contributed by atoms with van der Waals surface area (Å²) in [6, 6.07) is 0. The molecule has 0 aliphatic rings. The van der Waals surface area contributed by atoms with E-state index in [1.165, 1.54) is 89.9 Å². The van der Waals surface area contributed by atoms with Crippen LogP contribution in [0.1, 0.15) is 123 Å². The Bertz CT molecular complexity index is 256. The summed E-state index contributed by atoms with van der Waals surface area (Å²) in [7, 11) is 0. The smallest absolute Gasteiger partial charge is 0.550 e. The van der Waals surface area contributed by atoms with Crippen LogP contribution in [0.15, 0.2) is 0 Å². The zero-order chi connectivity index (χ0) is 17.2. The molecule has 138 valence electrons. The van der Waals surface area contributed by atoms with Crippen molar-refractivity contribution in [3.05, 3.63) is 0 Å². The molecule has 0 heterocycles. The zero-order valence-corrected chi connectivity index (χ0v) is 18.9. The van der Waals surface area contributed by atoms with E-state index in [0.29, 0.717) is 0 Å². The van der Waals surface area contributed by atoms with Crippen LogP contribution in [0.4, 0.5) is 0 Å². The van der Waals surface area contributed by atoms with Crippen molar-refractivity contribution in [2.24, 2.45) is 5.92 Å². The Morgan fingerprint density at radius 1 is 0.708 bits per heavy atom. The van der Waals surface area contributed by atoms with Gasteiger partial charge in [-0.05, 0) is 18.8 Å². The van der Waals surface area contributed by atoms with E-state index in [9.17, 15) is 9.90 Å². The van der Waals surface area contributed by atoms with Crippen molar-refractivity contribution in [1.82, 2.24) is 0 Å². The first-order valence-electron chi connectivity index (χ1n) is 10.4. The molecule has 0 radical (unpaired) electrons. The minimum atomic E-state index is -0.902. The summed E-state index contributed by atoms with van der Waals surface area (Å²) in [6.07, 6.45) is 21.3. The Morgan fingerprint density at radius 2 is 1.04 bits per heavy atom. The second-order valence-corrected chi connectivity index (χ2v) is 7.37. The van der Waals surface area contributed by atoms with Crippen molar-refractivity contribution in [2.45, 2.75) is 123 Å². The Kier molecular flexibility index (Phi) is 23.9. The molecule has 0 saturated carbocycles. The summed E-state index contributed by atoms with van der Waals surface area (Å²) in [5, 5.41) is 10.3. The molecule has 0 aliphatic heterocycles. The molecule has 0 fully saturated rings. The molecule has 0 aromatic rings. The van der Waals surface area contributed by atoms with Gasteiger partial charge < -0.3 is 9.90 Å². The number of carbonyl (C=O) groups is 1. The van der Waals surface area contributed by atoms with E-state index in [1.54, 1.807) is 0 Å². The maximum atomic E-state index is 10.3. The summed E-state index contributed by atoms with van der Waals surface area (Å²) >= 11 is 0. The van der Waals surface area contributed by atoms with Crippen LogP contribution in [0.3, 0.4) is 0 Å². The molecule has 24 heavy (non-hydrogen) atoms. The molecule has 1 atom stereocenters. The molecule has 2 nitrogen and oxygen atoms in total. The molecular weight excluding hydrogens is 307 g/mol. The molecule has 0 spiro atoms. The van der Waals surface area contributed by atoms with Crippen LogP contribution >= 0.6 is 0 Å². The Hall–Kier alpha value is 0.470. The molecule has 1 unspecified atom stereocenters. The largest absolute Gasteiger partial charge is 1.00 e. The third kappa shape index (κ3) is 22.5. The van der Waals surface area contributed by atoms with Crippen LogP contribution in [-0.4, -0.2) is 5.97 Å². The molecule has 0 rings (SSSR count).